The normalized spacial score (nSPS) is 11.9. The zero-order valence-corrected chi connectivity index (χ0v) is 9.99. The van der Waals surface area contributed by atoms with Crippen LogP contribution in [0.1, 0.15) is 11.7 Å². The molecule has 0 heterocycles. The van der Waals surface area contributed by atoms with Gasteiger partial charge in [0.2, 0.25) is 5.82 Å². The van der Waals surface area contributed by atoms with Crippen molar-refractivity contribution in [1.82, 2.24) is 0 Å². The molecule has 100 valence electrons. The summed E-state index contributed by atoms with van der Waals surface area (Å²) in [6, 6.07) is 0.651. The van der Waals surface area contributed by atoms with Gasteiger partial charge in [-0.25, -0.2) is 9.18 Å². The molecule has 1 N–H and O–H groups in total. The van der Waals surface area contributed by atoms with Gasteiger partial charge in [0, 0.05) is 5.56 Å². The molecule has 0 saturated heterocycles. The van der Waals surface area contributed by atoms with Crippen LogP contribution >= 0.6 is 0 Å². The number of carbonyl (C=O) groups excluding carboxylic acids is 1. The van der Waals surface area contributed by atoms with Crippen molar-refractivity contribution in [2.75, 3.05) is 21.3 Å². The number of esters is 1. The second kappa shape index (κ2) is 5.63. The van der Waals surface area contributed by atoms with Crippen LogP contribution in [0.2, 0.25) is 0 Å². The lowest BCUT2D eigenvalue weighted by molar-refractivity contribution is -0.150. The van der Waals surface area contributed by atoms with E-state index in [1.807, 2.05) is 0 Å². The summed E-state index contributed by atoms with van der Waals surface area (Å²) < 4.78 is 40.5. The maximum absolute atomic E-state index is 13.4. The van der Waals surface area contributed by atoms with E-state index >= 15 is 0 Å². The Bertz CT molecular complexity index is 461. The van der Waals surface area contributed by atoms with E-state index in [1.54, 1.807) is 0 Å². The summed E-state index contributed by atoms with van der Waals surface area (Å²) in [6.45, 7) is 0. The lowest BCUT2D eigenvalue weighted by Gasteiger charge is -2.16. The van der Waals surface area contributed by atoms with E-state index in [0.717, 1.165) is 14.2 Å². The first-order valence-electron chi connectivity index (χ1n) is 4.83. The van der Waals surface area contributed by atoms with Crippen molar-refractivity contribution < 1.29 is 32.9 Å². The molecule has 0 aliphatic rings. The van der Waals surface area contributed by atoms with Gasteiger partial charge in [0.1, 0.15) is 0 Å². The summed E-state index contributed by atoms with van der Waals surface area (Å²) in [5.41, 5.74) is -0.278. The zero-order chi connectivity index (χ0) is 13.9. The molecule has 7 heteroatoms. The van der Waals surface area contributed by atoms with Gasteiger partial charge in [-0.05, 0) is 6.07 Å². The van der Waals surface area contributed by atoms with E-state index < -0.39 is 29.5 Å². The molecule has 0 aliphatic heterocycles. The van der Waals surface area contributed by atoms with Gasteiger partial charge in [0.15, 0.2) is 23.4 Å². The first-order valence-corrected chi connectivity index (χ1v) is 4.83. The Morgan fingerprint density at radius 2 is 1.78 bits per heavy atom. The van der Waals surface area contributed by atoms with Crippen molar-refractivity contribution in [3.63, 3.8) is 0 Å². The highest BCUT2D eigenvalue weighted by Gasteiger charge is 2.28. The number of hydrogen-bond acceptors (Lipinski definition) is 5. The number of halogens is 2. The van der Waals surface area contributed by atoms with Crippen molar-refractivity contribution in [2.45, 2.75) is 6.10 Å². The fourth-order valence-corrected chi connectivity index (χ4v) is 1.44. The van der Waals surface area contributed by atoms with E-state index in [-0.39, 0.29) is 11.3 Å². The van der Waals surface area contributed by atoms with Crippen LogP contribution in [0.3, 0.4) is 0 Å². The molecular formula is C11H12F2O5. The SMILES string of the molecule is COC(=O)C(O)c1cc(F)c(F)c(OC)c1OC. The topological polar surface area (TPSA) is 65.0 Å². The Kier molecular flexibility index (Phi) is 4.43. The molecule has 0 fully saturated rings. The molecule has 0 amide bonds. The highest BCUT2D eigenvalue weighted by Crippen LogP contribution is 2.38. The largest absolute Gasteiger partial charge is 0.492 e. The van der Waals surface area contributed by atoms with Crippen molar-refractivity contribution in [2.24, 2.45) is 0 Å². The number of aliphatic hydroxyl groups is 1. The van der Waals surface area contributed by atoms with Crippen molar-refractivity contribution in [3.05, 3.63) is 23.3 Å². The van der Waals surface area contributed by atoms with Crippen molar-refractivity contribution in [3.8, 4) is 11.5 Å². The number of aliphatic hydroxyl groups excluding tert-OH is 1. The van der Waals surface area contributed by atoms with E-state index in [1.165, 1.54) is 7.11 Å². The van der Waals surface area contributed by atoms with Crippen LogP contribution in [0.15, 0.2) is 6.07 Å². The van der Waals surface area contributed by atoms with Gasteiger partial charge in [-0.15, -0.1) is 0 Å². The molecule has 0 radical (unpaired) electrons. The van der Waals surface area contributed by atoms with Gasteiger partial charge >= 0.3 is 5.97 Å². The zero-order valence-electron chi connectivity index (χ0n) is 9.99. The molecule has 0 saturated carbocycles. The predicted molar refractivity (Wildman–Crippen MR) is 56.4 cm³/mol. The minimum Gasteiger partial charge on any atom is -0.492 e. The van der Waals surface area contributed by atoms with Crippen molar-refractivity contribution >= 4 is 5.97 Å². The van der Waals surface area contributed by atoms with Crippen LogP contribution in [-0.2, 0) is 9.53 Å². The Morgan fingerprint density at radius 1 is 1.22 bits per heavy atom. The van der Waals surface area contributed by atoms with Gasteiger partial charge in [-0.2, -0.15) is 4.39 Å². The average molecular weight is 262 g/mol. The second-order valence-electron chi connectivity index (χ2n) is 3.25. The fourth-order valence-electron chi connectivity index (χ4n) is 1.44. The summed E-state index contributed by atoms with van der Waals surface area (Å²) in [5.74, 6) is -4.37. The third-order valence-electron chi connectivity index (χ3n) is 2.29. The second-order valence-corrected chi connectivity index (χ2v) is 3.25. The smallest absolute Gasteiger partial charge is 0.339 e. The van der Waals surface area contributed by atoms with Gasteiger partial charge in [-0.3, -0.25) is 0 Å². The van der Waals surface area contributed by atoms with E-state index in [4.69, 9.17) is 4.74 Å². The highest BCUT2D eigenvalue weighted by atomic mass is 19.2. The number of rotatable bonds is 4. The number of carbonyl (C=O) groups is 1. The molecule has 1 aromatic carbocycles. The Morgan fingerprint density at radius 3 is 2.22 bits per heavy atom. The molecule has 1 unspecified atom stereocenters. The molecule has 0 aromatic heterocycles. The summed E-state index contributed by atoms with van der Waals surface area (Å²) in [7, 11) is 3.33. The van der Waals surface area contributed by atoms with Gasteiger partial charge < -0.3 is 19.3 Å². The summed E-state index contributed by atoms with van der Waals surface area (Å²) in [5, 5.41) is 9.64. The molecule has 18 heavy (non-hydrogen) atoms. The molecule has 0 bridgehead atoms. The van der Waals surface area contributed by atoms with Gasteiger partial charge in [0.25, 0.3) is 0 Å². The number of benzene rings is 1. The standard InChI is InChI=1S/C11H12F2O5/c1-16-9-5(8(14)11(15)18-3)4-6(12)7(13)10(9)17-2/h4,8,14H,1-3H3. The molecule has 1 aromatic rings. The number of ether oxygens (including phenoxy) is 3. The van der Waals surface area contributed by atoms with Gasteiger partial charge in [-0.1, -0.05) is 0 Å². The summed E-state index contributed by atoms with van der Waals surface area (Å²) in [4.78, 5) is 11.2. The minimum atomic E-state index is -1.80. The van der Waals surface area contributed by atoms with Gasteiger partial charge in [0.05, 0.1) is 21.3 Å². The van der Waals surface area contributed by atoms with Crippen LogP contribution in [0.5, 0.6) is 11.5 Å². The number of methoxy groups -OCH3 is 3. The Hall–Kier alpha value is -1.89. The molecule has 1 atom stereocenters. The summed E-state index contributed by atoms with van der Waals surface area (Å²) in [6.07, 6.45) is -1.80. The third-order valence-corrected chi connectivity index (χ3v) is 2.29. The minimum absolute atomic E-state index is 0.269. The predicted octanol–water partition coefficient (Wildman–Crippen LogP) is 1.19. The van der Waals surface area contributed by atoms with Crippen LogP contribution in [-0.4, -0.2) is 32.4 Å². The van der Waals surface area contributed by atoms with E-state index in [0.29, 0.717) is 6.07 Å². The Labute approximate surface area is 102 Å². The molecular weight excluding hydrogens is 250 g/mol. The van der Waals surface area contributed by atoms with Crippen LogP contribution in [0.25, 0.3) is 0 Å². The van der Waals surface area contributed by atoms with Crippen LogP contribution in [0.4, 0.5) is 8.78 Å². The Balaban J connectivity index is 3.44. The lowest BCUT2D eigenvalue weighted by atomic mass is 10.1. The van der Waals surface area contributed by atoms with E-state index in [9.17, 15) is 18.7 Å². The molecule has 0 spiro atoms. The lowest BCUT2D eigenvalue weighted by Crippen LogP contribution is -2.15. The summed E-state index contributed by atoms with van der Waals surface area (Å²) >= 11 is 0. The highest BCUT2D eigenvalue weighted by molar-refractivity contribution is 5.77. The molecule has 0 aliphatic carbocycles. The monoisotopic (exact) mass is 262 g/mol. The first kappa shape index (κ1) is 14.2. The van der Waals surface area contributed by atoms with Crippen LogP contribution < -0.4 is 9.47 Å². The first-order chi connectivity index (χ1) is 8.47. The van der Waals surface area contributed by atoms with Crippen LogP contribution in [0, 0.1) is 11.6 Å². The van der Waals surface area contributed by atoms with E-state index in [2.05, 4.69) is 9.47 Å². The fraction of sp³-hybridized carbons (Fsp3) is 0.364. The maximum atomic E-state index is 13.4. The molecule has 5 nitrogen and oxygen atoms in total. The maximum Gasteiger partial charge on any atom is 0.339 e. The third kappa shape index (κ3) is 2.35. The van der Waals surface area contributed by atoms with Crippen molar-refractivity contribution in [1.29, 1.82) is 0 Å². The average Bonchev–Trinajstić information content (AvgIpc) is 2.39. The number of hydrogen-bond donors (Lipinski definition) is 1. The molecule has 1 rings (SSSR count). The quantitative estimate of drug-likeness (QED) is 0.826.